The summed E-state index contributed by atoms with van der Waals surface area (Å²) >= 11 is 0. The number of anilines is 1. The zero-order valence-electron chi connectivity index (χ0n) is 15.6. The fourth-order valence-electron chi connectivity index (χ4n) is 3.70. The summed E-state index contributed by atoms with van der Waals surface area (Å²) in [7, 11) is 1.60. The molecule has 138 valence electrons. The van der Waals surface area contributed by atoms with Crippen molar-refractivity contribution < 1.29 is 14.3 Å². The molecular formula is C22H22N2O3. The van der Waals surface area contributed by atoms with Crippen molar-refractivity contribution in [3.63, 3.8) is 0 Å². The van der Waals surface area contributed by atoms with Crippen LogP contribution in [0.15, 0.2) is 54.2 Å². The molecule has 0 unspecified atom stereocenters. The van der Waals surface area contributed by atoms with Crippen molar-refractivity contribution in [3.05, 3.63) is 65.4 Å². The van der Waals surface area contributed by atoms with Crippen LogP contribution in [0.1, 0.15) is 24.0 Å². The summed E-state index contributed by atoms with van der Waals surface area (Å²) in [4.78, 5) is 29.9. The number of ether oxygens (including phenoxy) is 1. The standard InChI is InChI=1S/C22H22N2O3/c1-15-5-9-17(10-6-15)24-21(25)19(16-7-11-18(27-2)12-8-16)20(22(24)26)23-13-3-4-14-23/h5-12H,3-4,13-14H2,1-2H3. The minimum Gasteiger partial charge on any atom is -0.497 e. The van der Waals surface area contributed by atoms with Gasteiger partial charge in [-0.1, -0.05) is 29.8 Å². The van der Waals surface area contributed by atoms with Crippen LogP contribution in [0.5, 0.6) is 5.75 Å². The number of carbonyl (C=O) groups is 2. The molecule has 0 atom stereocenters. The van der Waals surface area contributed by atoms with E-state index in [1.165, 1.54) is 4.90 Å². The summed E-state index contributed by atoms with van der Waals surface area (Å²) in [5, 5.41) is 0. The molecule has 2 aromatic rings. The Bertz CT molecular complexity index is 908. The molecule has 0 N–H and O–H groups in total. The molecule has 0 spiro atoms. The molecular weight excluding hydrogens is 340 g/mol. The van der Waals surface area contributed by atoms with Crippen molar-refractivity contribution in [1.29, 1.82) is 0 Å². The van der Waals surface area contributed by atoms with Gasteiger partial charge in [0.2, 0.25) is 0 Å². The molecule has 2 aliphatic rings. The summed E-state index contributed by atoms with van der Waals surface area (Å²) in [5.41, 5.74) is 3.43. The Hall–Kier alpha value is -3.08. The summed E-state index contributed by atoms with van der Waals surface area (Å²) in [5.74, 6) is 0.210. The zero-order valence-corrected chi connectivity index (χ0v) is 15.6. The van der Waals surface area contributed by atoms with E-state index >= 15 is 0 Å². The SMILES string of the molecule is COc1ccc(C2=C(N3CCCC3)C(=O)N(c3ccc(C)cc3)C2=O)cc1. The molecule has 2 heterocycles. The van der Waals surface area contributed by atoms with Gasteiger partial charge in [-0.15, -0.1) is 0 Å². The third-order valence-electron chi connectivity index (χ3n) is 5.15. The van der Waals surface area contributed by atoms with Crippen LogP contribution in [0.2, 0.25) is 0 Å². The number of aryl methyl sites for hydroxylation is 1. The zero-order chi connectivity index (χ0) is 19.0. The number of nitrogens with zero attached hydrogens (tertiary/aromatic N) is 2. The van der Waals surface area contributed by atoms with Crippen molar-refractivity contribution >= 4 is 23.1 Å². The Kier molecular flexibility index (Phi) is 4.44. The second-order valence-corrected chi connectivity index (χ2v) is 6.93. The first-order valence-corrected chi connectivity index (χ1v) is 9.19. The lowest BCUT2D eigenvalue weighted by atomic mass is 10.0. The maximum Gasteiger partial charge on any atom is 0.282 e. The Morgan fingerprint density at radius 3 is 2.07 bits per heavy atom. The lowest BCUT2D eigenvalue weighted by Gasteiger charge is -2.20. The van der Waals surface area contributed by atoms with Gasteiger partial charge in [-0.05, 0) is 49.6 Å². The van der Waals surface area contributed by atoms with Gasteiger partial charge in [0.15, 0.2) is 0 Å². The third kappa shape index (κ3) is 2.99. The van der Waals surface area contributed by atoms with Gasteiger partial charge in [-0.2, -0.15) is 0 Å². The number of hydrogen-bond acceptors (Lipinski definition) is 4. The summed E-state index contributed by atoms with van der Waals surface area (Å²) in [6.45, 7) is 3.58. The number of rotatable bonds is 4. The van der Waals surface area contributed by atoms with Gasteiger partial charge in [-0.25, -0.2) is 4.90 Å². The van der Waals surface area contributed by atoms with E-state index in [2.05, 4.69) is 0 Å². The van der Waals surface area contributed by atoms with E-state index in [0.29, 0.717) is 22.7 Å². The summed E-state index contributed by atoms with van der Waals surface area (Å²) in [6, 6.07) is 14.8. The number of imide groups is 1. The maximum atomic E-state index is 13.3. The largest absolute Gasteiger partial charge is 0.497 e. The predicted molar refractivity (Wildman–Crippen MR) is 104 cm³/mol. The fraction of sp³-hybridized carbons (Fsp3) is 0.273. The summed E-state index contributed by atoms with van der Waals surface area (Å²) in [6.07, 6.45) is 2.07. The van der Waals surface area contributed by atoms with Gasteiger partial charge in [0, 0.05) is 13.1 Å². The molecule has 2 amide bonds. The topological polar surface area (TPSA) is 49.9 Å². The maximum absolute atomic E-state index is 13.3. The Balaban J connectivity index is 1.80. The van der Waals surface area contributed by atoms with E-state index in [4.69, 9.17) is 4.74 Å². The van der Waals surface area contributed by atoms with Crippen LogP contribution in [0.4, 0.5) is 5.69 Å². The quantitative estimate of drug-likeness (QED) is 0.783. The van der Waals surface area contributed by atoms with E-state index in [0.717, 1.165) is 37.1 Å². The monoisotopic (exact) mass is 362 g/mol. The molecule has 5 nitrogen and oxygen atoms in total. The third-order valence-corrected chi connectivity index (χ3v) is 5.15. The molecule has 0 radical (unpaired) electrons. The molecule has 5 heteroatoms. The number of carbonyl (C=O) groups excluding carboxylic acids is 2. The van der Waals surface area contributed by atoms with Crippen LogP contribution < -0.4 is 9.64 Å². The highest BCUT2D eigenvalue weighted by Gasteiger charge is 2.42. The molecule has 1 saturated heterocycles. The average molecular weight is 362 g/mol. The average Bonchev–Trinajstić information content (AvgIpc) is 3.29. The minimum absolute atomic E-state index is 0.239. The first-order valence-electron chi connectivity index (χ1n) is 9.19. The number of likely N-dealkylation sites (tertiary alicyclic amines) is 1. The van der Waals surface area contributed by atoms with Gasteiger partial charge < -0.3 is 9.64 Å². The van der Waals surface area contributed by atoms with E-state index < -0.39 is 0 Å². The highest BCUT2D eigenvalue weighted by atomic mass is 16.5. The smallest absolute Gasteiger partial charge is 0.282 e. The van der Waals surface area contributed by atoms with Gasteiger partial charge in [0.25, 0.3) is 11.8 Å². The number of benzene rings is 2. The van der Waals surface area contributed by atoms with Crippen molar-refractivity contribution in [2.24, 2.45) is 0 Å². The van der Waals surface area contributed by atoms with Gasteiger partial charge in [0.05, 0.1) is 18.4 Å². The van der Waals surface area contributed by atoms with Crippen LogP contribution in [0.25, 0.3) is 5.57 Å². The molecule has 0 aliphatic carbocycles. The summed E-state index contributed by atoms with van der Waals surface area (Å²) < 4.78 is 5.22. The molecule has 0 bridgehead atoms. The van der Waals surface area contributed by atoms with E-state index in [-0.39, 0.29) is 11.8 Å². The van der Waals surface area contributed by atoms with Crippen LogP contribution in [0, 0.1) is 6.92 Å². The molecule has 27 heavy (non-hydrogen) atoms. The van der Waals surface area contributed by atoms with Crippen LogP contribution in [0.3, 0.4) is 0 Å². The molecule has 2 aromatic carbocycles. The lowest BCUT2D eigenvalue weighted by molar-refractivity contribution is -0.120. The highest BCUT2D eigenvalue weighted by Crippen LogP contribution is 2.36. The van der Waals surface area contributed by atoms with Crippen molar-refractivity contribution in [3.8, 4) is 5.75 Å². The van der Waals surface area contributed by atoms with Crippen LogP contribution in [-0.2, 0) is 9.59 Å². The van der Waals surface area contributed by atoms with E-state index in [1.807, 2.05) is 60.4 Å². The lowest BCUT2D eigenvalue weighted by Crippen LogP contribution is -2.34. The Morgan fingerprint density at radius 1 is 0.852 bits per heavy atom. The molecule has 4 rings (SSSR count). The molecule has 0 aromatic heterocycles. The van der Waals surface area contributed by atoms with E-state index in [1.54, 1.807) is 7.11 Å². The fourth-order valence-corrected chi connectivity index (χ4v) is 3.70. The van der Waals surface area contributed by atoms with Crippen molar-refractivity contribution in [1.82, 2.24) is 4.90 Å². The van der Waals surface area contributed by atoms with Crippen molar-refractivity contribution in [2.45, 2.75) is 19.8 Å². The number of amides is 2. The van der Waals surface area contributed by atoms with Crippen molar-refractivity contribution in [2.75, 3.05) is 25.1 Å². The van der Waals surface area contributed by atoms with Gasteiger partial charge in [-0.3, -0.25) is 9.59 Å². The van der Waals surface area contributed by atoms with Gasteiger partial charge in [0.1, 0.15) is 11.4 Å². The predicted octanol–water partition coefficient (Wildman–Crippen LogP) is 3.38. The van der Waals surface area contributed by atoms with Gasteiger partial charge >= 0.3 is 0 Å². The second kappa shape index (κ2) is 6.91. The first kappa shape index (κ1) is 17.3. The van der Waals surface area contributed by atoms with Crippen LogP contribution in [-0.4, -0.2) is 36.9 Å². The highest BCUT2D eigenvalue weighted by molar-refractivity contribution is 6.45. The molecule has 2 aliphatic heterocycles. The first-order chi connectivity index (χ1) is 13.1. The van der Waals surface area contributed by atoms with Crippen LogP contribution >= 0.6 is 0 Å². The number of methoxy groups -OCH3 is 1. The Labute approximate surface area is 158 Å². The number of hydrogen-bond donors (Lipinski definition) is 0. The Morgan fingerprint density at radius 2 is 1.48 bits per heavy atom. The molecule has 0 saturated carbocycles. The molecule has 1 fully saturated rings. The minimum atomic E-state index is -0.268. The van der Waals surface area contributed by atoms with E-state index in [9.17, 15) is 9.59 Å². The normalized spacial score (nSPS) is 17.3. The second-order valence-electron chi connectivity index (χ2n) is 6.93.